The zero-order chi connectivity index (χ0) is 15.2. The molecule has 1 atom stereocenters. The second-order valence-electron chi connectivity index (χ2n) is 5.10. The molecular weight excluding hydrogens is 272 g/mol. The number of aliphatic hydroxyl groups excluding tert-OH is 1. The Morgan fingerprint density at radius 2 is 2.24 bits per heavy atom. The van der Waals surface area contributed by atoms with E-state index in [2.05, 4.69) is 4.98 Å². The number of aromatic nitrogens is 1. The summed E-state index contributed by atoms with van der Waals surface area (Å²) in [5.41, 5.74) is 1.03. The van der Waals surface area contributed by atoms with Crippen LogP contribution in [-0.2, 0) is 4.79 Å². The smallest absolute Gasteiger partial charge is 0.328 e. The van der Waals surface area contributed by atoms with Gasteiger partial charge in [0.15, 0.2) is 0 Å². The summed E-state index contributed by atoms with van der Waals surface area (Å²) in [6.45, 7) is 1.47. The van der Waals surface area contributed by atoms with Gasteiger partial charge in [0.25, 0.3) is 5.91 Å². The first-order valence-corrected chi connectivity index (χ1v) is 6.86. The van der Waals surface area contributed by atoms with Crippen LogP contribution >= 0.6 is 0 Å². The van der Waals surface area contributed by atoms with Crippen molar-refractivity contribution in [1.82, 2.24) is 9.88 Å². The molecule has 1 saturated heterocycles. The maximum Gasteiger partial charge on any atom is 0.328 e. The van der Waals surface area contributed by atoms with Gasteiger partial charge >= 0.3 is 5.97 Å². The van der Waals surface area contributed by atoms with E-state index in [-0.39, 0.29) is 12.5 Å². The van der Waals surface area contributed by atoms with Gasteiger partial charge in [-0.25, -0.2) is 4.79 Å². The predicted octanol–water partition coefficient (Wildman–Crippen LogP) is 1.02. The van der Waals surface area contributed by atoms with E-state index < -0.39 is 5.97 Å². The Bertz CT molecular complexity index is 556. The van der Waals surface area contributed by atoms with Gasteiger partial charge in [-0.15, -0.1) is 0 Å². The molecule has 0 spiro atoms. The minimum absolute atomic E-state index is 0.103. The number of aliphatic carboxylic acids is 1. The average Bonchev–Trinajstić information content (AvgIpc) is 2.94. The number of nitrogens with zero attached hydrogens (tertiary/aromatic N) is 2. The largest absolute Gasteiger partial charge is 0.478 e. The Morgan fingerprint density at radius 3 is 2.95 bits per heavy atom. The summed E-state index contributed by atoms with van der Waals surface area (Å²) < 4.78 is 0. The number of carboxylic acid groups (broad SMARTS) is 1. The minimum atomic E-state index is -1.04. The van der Waals surface area contributed by atoms with Crippen LogP contribution in [0.2, 0.25) is 0 Å². The molecule has 1 aromatic heterocycles. The number of likely N-dealkylation sites (tertiary alicyclic amines) is 1. The lowest BCUT2D eigenvalue weighted by Gasteiger charge is -2.16. The van der Waals surface area contributed by atoms with Gasteiger partial charge in [-0.05, 0) is 36.5 Å². The highest BCUT2D eigenvalue weighted by Crippen LogP contribution is 2.21. The van der Waals surface area contributed by atoms with Crippen LogP contribution in [0.1, 0.15) is 28.8 Å². The Labute approximate surface area is 122 Å². The lowest BCUT2D eigenvalue weighted by molar-refractivity contribution is -0.131. The second-order valence-corrected chi connectivity index (χ2v) is 5.10. The summed E-state index contributed by atoms with van der Waals surface area (Å²) >= 11 is 0. The molecule has 1 amide bonds. The zero-order valence-corrected chi connectivity index (χ0v) is 11.6. The lowest BCUT2D eigenvalue weighted by Crippen LogP contribution is -2.29. The molecular formula is C15H18N2O4. The van der Waals surface area contributed by atoms with Crippen molar-refractivity contribution >= 4 is 18.0 Å². The molecule has 1 unspecified atom stereocenters. The van der Waals surface area contributed by atoms with E-state index in [1.54, 1.807) is 11.0 Å². The minimum Gasteiger partial charge on any atom is -0.478 e. The molecule has 1 aromatic rings. The number of carbonyl (C=O) groups excluding carboxylic acids is 1. The van der Waals surface area contributed by atoms with Crippen molar-refractivity contribution in [3.8, 4) is 0 Å². The topological polar surface area (TPSA) is 90.7 Å². The summed E-state index contributed by atoms with van der Waals surface area (Å²) in [6, 6.07) is 1.63. The van der Waals surface area contributed by atoms with Crippen molar-refractivity contribution in [3.63, 3.8) is 0 Å². The van der Waals surface area contributed by atoms with Gasteiger partial charge in [-0.1, -0.05) is 0 Å². The first-order valence-electron chi connectivity index (χ1n) is 6.86. The van der Waals surface area contributed by atoms with Crippen LogP contribution in [-0.4, -0.2) is 51.7 Å². The van der Waals surface area contributed by atoms with Gasteiger partial charge in [0, 0.05) is 38.2 Å². The number of rotatable bonds is 5. The summed E-state index contributed by atoms with van der Waals surface area (Å²) in [6.07, 6.45) is 7.03. The maximum atomic E-state index is 12.4. The van der Waals surface area contributed by atoms with E-state index in [1.165, 1.54) is 18.5 Å². The zero-order valence-electron chi connectivity index (χ0n) is 11.6. The molecule has 112 valence electrons. The van der Waals surface area contributed by atoms with Crippen LogP contribution in [0.3, 0.4) is 0 Å². The highest BCUT2D eigenvalue weighted by molar-refractivity contribution is 5.95. The SMILES string of the molecule is O=C(O)/C=C/c1cncc(C(=O)N2CCC(CCO)C2)c1. The Balaban J connectivity index is 2.06. The molecule has 0 aliphatic carbocycles. The highest BCUT2D eigenvalue weighted by atomic mass is 16.4. The molecule has 0 aromatic carbocycles. The van der Waals surface area contributed by atoms with E-state index in [0.717, 1.165) is 12.5 Å². The fourth-order valence-corrected chi connectivity index (χ4v) is 2.45. The van der Waals surface area contributed by atoms with Gasteiger partial charge in [0.2, 0.25) is 0 Å². The molecule has 6 nitrogen and oxygen atoms in total. The molecule has 1 aliphatic rings. The number of hydrogen-bond acceptors (Lipinski definition) is 4. The van der Waals surface area contributed by atoms with E-state index in [9.17, 15) is 9.59 Å². The number of hydrogen-bond donors (Lipinski definition) is 2. The molecule has 0 radical (unpaired) electrons. The van der Waals surface area contributed by atoms with Crippen LogP contribution in [0.25, 0.3) is 6.08 Å². The van der Waals surface area contributed by atoms with E-state index >= 15 is 0 Å². The van der Waals surface area contributed by atoms with Gasteiger partial charge < -0.3 is 15.1 Å². The van der Waals surface area contributed by atoms with Crippen LogP contribution in [0, 0.1) is 5.92 Å². The van der Waals surface area contributed by atoms with Crippen LogP contribution < -0.4 is 0 Å². The third-order valence-electron chi connectivity index (χ3n) is 3.54. The highest BCUT2D eigenvalue weighted by Gasteiger charge is 2.26. The summed E-state index contributed by atoms with van der Waals surface area (Å²) in [7, 11) is 0. The third kappa shape index (κ3) is 4.13. The fraction of sp³-hybridized carbons (Fsp3) is 0.400. The van der Waals surface area contributed by atoms with Crippen molar-refractivity contribution in [1.29, 1.82) is 0 Å². The summed E-state index contributed by atoms with van der Waals surface area (Å²) in [4.78, 5) is 28.6. The Morgan fingerprint density at radius 1 is 1.43 bits per heavy atom. The number of carboxylic acids is 1. The molecule has 1 fully saturated rings. The van der Waals surface area contributed by atoms with Gasteiger partial charge in [-0.3, -0.25) is 9.78 Å². The molecule has 6 heteroatoms. The van der Waals surface area contributed by atoms with E-state index in [0.29, 0.717) is 36.6 Å². The second kappa shape index (κ2) is 6.99. The predicted molar refractivity (Wildman–Crippen MR) is 76.6 cm³/mol. The molecule has 2 heterocycles. The fourth-order valence-electron chi connectivity index (χ4n) is 2.45. The Kier molecular flexibility index (Phi) is 5.05. The van der Waals surface area contributed by atoms with Crippen LogP contribution in [0.4, 0.5) is 0 Å². The van der Waals surface area contributed by atoms with Crippen molar-refractivity contribution < 1.29 is 19.8 Å². The van der Waals surface area contributed by atoms with E-state index in [1.807, 2.05) is 0 Å². The van der Waals surface area contributed by atoms with Crippen molar-refractivity contribution in [2.45, 2.75) is 12.8 Å². The van der Waals surface area contributed by atoms with Gasteiger partial charge in [0.1, 0.15) is 0 Å². The summed E-state index contributed by atoms with van der Waals surface area (Å²) in [5, 5.41) is 17.5. The van der Waals surface area contributed by atoms with Gasteiger partial charge in [0.05, 0.1) is 5.56 Å². The van der Waals surface area contributed by atoms with Crippen LogP contribution in [0.5, 0.6) is 0 Å². The molecule has 2 rings (SSSR count). The first kappa shape index (κ1) is 15.2. The monoisotopic (exact) mass is 290 g/mol. The number of pyridine rings is 1. The first-order chi connectivity index (χ1) is 10.1. The van der Waals surface area contributed by atoms with Crippen molar-refractivity contribution in [2.24, 2.45) is 5.92 Å². The standard InChI is InChI=1S/C15H18N2O4/c18-6-4-11-3-5-17(10-11)15(21)13-7-12(8-16-9-13)1-2-14(19)20/h1-2,7-9,11,18H,3-6,10H2,(H,19,20)/b2-1+. The quantitative estimate of drug-likeness (QED) is 0.790. The average molecular weight is 290 g/mol. The van der Waals surface area contributed by atoms with Crippen molar-refractivity contribution in [2.75, 3.05) is 19.7 Å². The third-order valence-corrected chi connectivity index (χ3v) is 3.54. The maximum absolute atomic E-state index is 12.4. The van der Waals surface area contributed by atoms with E-state index in [4.69, 9.17) is 10.2 Å². The number of aliphatic hydroxyl groups is 1. The number of carbonyl (C=O) groups is 2. The normalized spacial score (nSPS) is 18.3. The number of amides is 1. The lowest BCUT2D eigenvalue weighted by atomic mass is 10.1. The molecule has 0 saturated carbocycles. The van der Waals surface area contributed by atoms with Crippen LogP contribution in [0.15, 0.2) is 24.5 Å². The summed E-state index contributed by atoms with van der Waals surface area (Å²) in [5.74, 6) is -0.798. The molecule has 2 N–H and O–H groups in total. The van der Waals surface area contributed by atoms with Crippen molar-refractivity contribution in [3.05, 3.63) is 35.7 Å². The van der Waals surface area contributed by atoms with Gasteiger partial charge in [-0.2, -0.15) is 0 Å². The molecule has 1 aliphatic heterocycles. The molecule has 21 heavy (non-hydrogen) atoms. The Hall–Kier alpha value is -2.21. The molecule has 0 bridgehead atoms.